The zero-order valence-electron chi connectivity index (χ0n) is 14.1. The monoisotopic (exact) mass is 387 g/mol. The predicted octanol–water partition coefficient (Wildman–Crippen LogP) is 2.96. The molecule has 1 N–H and O–H groups in total. The maximum absolute atomic E-state index is 13.4. The van der Waals surface area contributed by atoms with Gasteiger partial charge in [0.1, 0.15) is 12.4 Å². The number of halogens is 2. The van der Waals surface area contributed by atoms with Crippen molar-refractivity contribution in [2.75, 3.05) is 6.61 Å². The number of fused-ring (bicyclic) bond motifs is 1. The molecule has 3 heterocycles. The molecule has 0 amide bonds. The van der Waals surface area contributed by atoms with Gasteiger partial charge in [-0.05, 0) is 18.2 Å². The fraction of sp³-hybridized carbons (Fsp3) is 0.167. The third-order valence-electron chi connectivity index (χ3n) is 4.00. The second-order valence-electron chi connectivity index (χ2n) is 5.83. The Labute approximate surface area is 158 Å². The molecule has 0 saturated carbocycles. The van der Waals surface area contributed by atoms with Crippen LogP contribution in [0.25, 0.3) is 16.8 Å². The number of aromatic nitrogens is 5. The molecule has 0 aliphatic rings. The summed E-state index contributed by atoms with van der Waals surface area (Å²) in [6.45, 7) is 0.516. The van der Waals surface area contributed by atoms with Gasteiger partial charge in [-0.2, -0.15) is 15.2 Å². The van der Waals surface area contributed by atoms with E-state index in [0.29, 0.717) is 28.7 Å². The van der Waals surface area contributed by atoms with E-state index >= 15 is 0 Å². The lowest BCUT2D eigenvalue weighted by Crippen LogP contribution is -2.01. The highest BCUT2D eigenvalue weighted by Gasteiger charge is 2.12. The number of hydrogen-bond acceptors (Lipinski definition) is 5. The Kier molecular flexibility index (Phi) is 4.74. The van der Waals surface area contributed by atoms with Crippen LogP contribution in [-0.2, 0) is 13.2 Å². The van der Waals surface area contributed by atoms with Gasteiger partial charge < -0.3 is 9.84 Å². The fourth-order valence-electron chi connectivity index (χ4n) is 2.67. The molecule has 0 aliphatic heterocycles. The van der Waals surface area contributed by atoms with Crippen molar-refractivity contribution in [3.8, 4) is 17.0 Å². The lowest BCUT2D eigenvalue weighted by atomic mass is 10.2. The van der Waals surface area contributed by atoms with Crippen LogP contribution >= 0.6 is 11.6 Å². The van der Waals surface area contributed by atoms with Crippen LogP contribution in [0.4, 0.5) is 4.39 Å². The molecule has 9 heteroatoms. The minimum atomic E-state index is -0.376. The lowest BCUT2D eigenvalue weighted by Gasteiger charge is -2.07. The molecule has 1 aromatic carbocycles. The van der Waals surface area contributed by atoms with Crippen LogP contribution in [0.5, 0.6) is 5.88 Å². The van der Waals surface area contributed by atoms with Gasteiger partial charge >= 0.3 is 0 Å². The normalized spacial score (nSPS) is 11.2. The summed E-state index contributed by atoms with van der Waals surface area (Å²) in [5.41, 5.74) is 2.75. The molecule has 7 nitrogen and oxygen atoms in total. The molecule has 0 radical (unpaired) electrons. The molecular formula is C18H15ClFN5O2. The summed E-state index contributed by atoms with van der Waals surface area (Å²) in [5.74, 6) is -0.00768. The first kappa shape index (κ1) is 17.4. The molecule has 0 bridgehead atoms. The van der Waals surface area contributed by atoms with Crippen LogP contribution in [0.2, 0.25) is 5.02 Å². The van der Waals surface area contributed by atoms with E-state index in [9.17, 15) is 4.39 Å². The summed E-state index contributed by atoms with van der Waals surface area (Å²) in [7, 11) is 0. The highest BCUT2D eigenvalue weighted by atomic mass is 35.5. The number of hydrogen-bond donors (Lipinski definition) is 1. The Hall–Kier alpha value is -2.97. The average molecular weight is 388 g/mol. The Morgan fingerprint density at radius 3 is 2.93 bits per heavy atom. The number of rotatable bonds is 6. The standard InChI is InChI=1S/C18H15ClFN5O2/c19-16-2-1-14(20)7-12(16)11-27-17-3-4-25-18(23-17)15(9-22-25)13-8-21-24(10-13)5-6-26/h1-4,7-10,26H,5-6,11H2. The Balaban J connectivity index is 1.60. The van der Waals surface area contributed by atoms with E-state index in [2.05, 4.69) is 15.2 Å². The predicted molar refractivity (Wildman–Crippen MR) is 97.0 cm³/mol. The summed E-state index contributed by atoms with van der Waals surface area (Å²) >= 11 is 6.07. The molecule has 3 aromatic heterocycles. The van der Waals surface area contributed by atoms with Gasteiger partial charge in [-0.15, -0.1) is 0 Å². The molecule has 0 spiro atoms. The maximum Gasteiger partial charge on any atom is 0.217 e. The zero-order chi connectivity index (χ0) is 18.8. The second-order valence-corrected chi connectivity index (χ2v) is 6.24. The first-order valence-electron chi connectivity index (χ1n) is 8.19. The van der Waals surface area contributed by atoms with E-state index < -0.39 is 0 Å². The van der Waals surface area contributed by atoms with E-state index in [-0.39, 0.29) is 19.0 Å². The maximum atomic E-state index is 13.4. The van der Waals surface area contributed by atoms with Crippen molar-refractivity contribution in [3.05, 3.63) is 65.5 Å². The molecule has 0 fully saturated rings. The lowest BCUT2D eigenvalue weighted by molar-refractivity contribution is 0.269. The van der Waals surface area contributed by atoms with Crippen molar-refractivity contribution in [1.82, 2.24) is 24.4 Å². The molecule has 0 aliphatic carbocycles. The third-order valence-corrected chi connectivity index (χ3v) is 4.37. The topological polar surface area (TPSA) is 77.5 Å². The van der Waals surface area contributed by atoms with Gasteiger partial charge in [0.15, 0.2) is 5.65 Å². The average Bonchev–Trinajstić information content (AvgIpc) is 3.29. The van der Waals surface area contributed by atoms with Gasteiger partial charge in [-0.1, -0.05) is 11.6 Å². The van der Waals surface area contributed by atoms with Gasteiger partial charge in [0.25, 0.3) is 0 Å². The number of ether oxygens (including phenoxy) is 1. The van der Waals surface area contributed by atoms with Crippen molar-refractivity contribution in [2.45, 2.75) is 13.2 Å². The molecule has 4 aromatic rings. The summed E-state index contributed by atoms with van der Waals surface area (Å²) in [4.78, 5) is 4.49. The summed E-state index contributed by atoms with van der Waals surface area (Å²) < 4.78 is 22.3. The van der Waals surface area contributed by atoms with Crippen molar-refractivity contribution in [1.29, 1.82) is 0 Å². The van der Waals surface area contributed by atoms with Crippen LogP contribution in [-0.4, -0.2) is 36.1 Å². The highest BCUT2D eigenvalue weighted by molar-refractivity contribution is 6.31. The van der Waals surface area contributed by atoms with Crippen LogP contribution in [0.1, 0.15) is 5.56 Å². The smallest absolute Gasteiger partial charge is 0.217 e. The Bertz CT molecular complexity index is 1090. The molecule has 0 unspecified atom stereocenters. The molecule has 4 rings (SSSR count). The van der Waals surface area contributed by atoms with Gasteiger partial charge in [0, 0.05) is 40.2 Å². The van der Waals surface area contributed by atoms with Gasteiger partial charge in [0.05, 0.1) is 25.5 Å². The summed E-state index contributed by atoms with van der Waals surface area (Å²) in [6.07, 6.45) is 6.92. The molecule has 0 saturated heterocycles. The van der Waals surface area contributed by atoms with E-state index in [1.165, 1.54) is 18.2 Å². The van der Waals surface area contributed by atoms with Crippen molar-refractivity contribution in [3.63, 3.8) is 0 Å². The quantitative estimate of drug-likeness (QED) is 0.550. The molecule has 0 atom stereocenters. The summed E-state index contributed by atoms with van der Waals surface area (Å²) in [6, 6.07) is 5.80. The third kappa shape index (κ3) is 3.62. The number of benzene rings is 1. The number of aliphatic hydroxyl groups excluding tert-OH is 1. The highest BCUT2D eigenvalue weighted by Crippen LogP contribution is 2.25. The number of nitrogens with zero attached hydrogens (tertiary/aromatic N) is 5. The minimum absolute atomic E-state index is 0.00869. The largest absolute Gasteiger partial charge is 0.473 e. The molecular weight excluding hydrogens is 373 g/mol. The van der Waals surface area contributed by atoms with E-state index in [1.807, 2.05) is 6.20 Å². The number of aliphatic hydroxyl groups is 1. The minimum Gasteiger partial charge on any atom is -0.473 e. The van der Waals surface area contributed by atoms with Gasteiger partial charge in [-0.3, -0.25) is 4.68 Å². The van der Waals surface area contributed by atoms with E-state index in [0.717, 1.165) is 11.1 Å². The van der Waals surface area contributed by atoms with E-state index in [1.54, 1.807) is 33.9 Å². The van der Waals surface area contributed by atoms with Crippen LogP contribution in [0.15, 0.2) is 49.1 Å². The first-order chi connectivity index (χ1) is 13.1. The first-order valence-corrected chi connectivity index (χ1v) is 8.56. The Morgan fingerprint density at radius 2 is 2.07 bits per heavy atom. The van der Waals surface area contributed by atoms with Crippen LogP contribution in [0, 0.1) is 5.82 Å². The van der Waals surface area contributed by atoms with Crippen LogP contribution < -0.4 is 4.74 Å². The second kappa shape index (κ2) is 7.34. The van der Waals surface area contributed by atoms with Crippen molar-refractivity contribution in [2.24, 2.45) is 0 Å². The van der Waals surface area contributed by atoms with Gasteiger partial charge in [0.2, 0.25) is 5.88 Å². The summed E-state index contributed by atoms with van der Waals surface area (Å²) in [5, 5.41) is 17.9. The molecule has 27 heavy (non-hydrogen) atoms. The van der Waals surface area contributed by atoms with Crippen LogP contribution in [0.3, 0.4) is 0 Å². The van der Waals surface area contributed by atoms with Crippen molar-refractivity contribution < 1.29 is 14.2 Å². The van der Waals surface area contributed by atoms with Gasteiger partial charge in [-0.25, -0.2) is 8.91 Å². The van der Waals surface area contributed by atoms with E-state index in [4.69, 9.17) is 21.4 Å². The Morgan fingerprint density at radius 1 is 1.19 bits per heavy atom. The zero-order valence-corrected chi connectivity index (χ0v) is 14.8. The molecule has 138 valence electrons. The fourth-order valence-corrected chi connectivity index (χ4v) is 2.84. The van der Waals surface area contributed by atoms with Crippen molar-refractivity contribution >= 4 is 17.2 Å². The SMILES string of the molecule is OCCn1cc(-c2cnn3ccc(OCc4cc(F)ccc4Cl)nc23)cn1.